The van der Waals surface area contributed by atoms with E-state index in [1.807, 2.05) is 25.1 Å². The van der Waals surface area contributed by atoms with E-state index in [4.69, 9.17) is 0 Å². The third kappa shape index (κ3) is 3.48. The van der Waals surface area contributed by atoms with E-state index in [1.54, 1.807) is 24.3 Å². The van der Waals surface area contributed by atoms with Crippen molar-refractivity contribution in [2.24, 2.45) is 0 Å². The molecule has 138 valence electrons. The number of benzene rings is 2. The van der Waals surface area contributed by atoms with Gasteiger partial charge in [-0.15, -0.1) is 0 Å². The smallest absolute Gasteiger partial charge is 0.266 e. The van der Waals surface area contributed by atoms with Crippen LogP contribution in [0.15, 0.2) is 59.5 Å². The molecule has 0 aromatic heterocycles. The van der Waals surface area contributed by atoms with Gasteiger partial charge in [-0.3, -0.25) is 4.79 Å². The molecule has 0 bridgehead atoms. The van der Waals surface area contributed by atoms with E-state index in [0.29, 0.717) is 6.42 Å². The minimum Gasteiger partial charge on any atom is -0.274 e. The molecule has 0 N–H and O–H groups in total. The molecule has 0 spiro atoms. The molecule has 0 aliphatic carbocycles. The summed E-state index contributed by atoms with van der Waals surface area (Å²) in [6.07, 6.45) is 1.03. The molecule has 1 fully saturated rings. The zero-order valence-corrected chi connectivity index (χ0v) is 17.3. The molecule has 4 nitrogen and oxygen atoms in total. The normalized spacial score (nSPS) is 18.8. The first-order chi connectivity index (χ1) is 12.2. The third-order valence-electron chi connectivity index (χ3n) is 5.53. The molecule has 0 unspecified atom stereocenters. The first-order valence-electron chi connectivity index (χ1n) is 8.90. The minimum absolute atomic E-state index is 0.189. The highest BCUT2D eigenvalue weighted by Crippen LogP contribution is 2.35. The van der Waals surface area contributed by atoms with E-state index in [2.05, 4.69) is 25.2 Å². The number of sulfonamides is 1. The Balaban J connectivity index is 1.80. The zero-order chi connectivity index (χ0) is 18.9. The van der Waals surface area contributed by atoms with E-state index >= 15 is 0 Å². The lowest BCUT2D eigenvalue weighted by atomic mass is 10.1. The fourth-order valence-electron chi connectivity index (χ4n) is 3.62. The van der Waals surface area contributed by atoms with Crippen LogP contribution in [0.4, 0.5) is 0 Å². The number of amides is 1. The van der Waals surface area contributed by atoms with Crippen LogP contribution in [-0.2, 0) is 14.8 Å². The predicted octanol–water partition coefficient (Wildman–Crippen LogP) is 3.29. The SMILES string of the molecule is Cc1ccc(S(=O)(=O)N2CC[C@H]([Si](C)(C)c3ccccc3)CC2=O)cc1. The number of rotatable bonds is 4. The van der Waals surface area contributed by atoms with Gasteiger partial charge in [-0.2, -0.15) is 0 Å². The maximum atomic E-state index is 12.9. The summed E-state index contributed by atoms with van der Waals surface area (Å²) in [5.41, 5.74) is 1.24. The lowest BCUT2D eigenvalue weighted by molar-refractivity contribution is -0.128. The maximum absolute atomic E-state index is 12.9. The molecule has 26 heavy (non-hydrogen) atoms. The highest BCUT2D eigenvalue weighted by atomic mass is 32.2. The van der Waals surface area contributed by atoms with Crippen molar-refractivity contribution in [3.05, 3.63) is 60.2 Å². The summed E-state index contributed by atoms with van der Waals surface area (Å²) < 4.78 is 26.8. The van der Waals surface area contributed by atoms with Gasteiger partial charge in [0.15, 0.2) is 0 Å². The molecule has 2 aromatic rings. The van der Waals surface area contributed by atoms with Crippen molar-refractivity contribution in [1.29, 1.82) is 0 Å². The largest absolute Gasteiger partial charge is 0.274 e. The Kier molecular flexibility index (Phi) is 5.08. The molecule has 2 aromatic carbocycles. The number of carbonyl (C=O) groups excluding carboxylic acids is 1. The fraction of sp³-hybridized carbons (Fsp3) is 0.350. The molecule has 1 atom stereocenters. The van der Waals surface area contributed by atoms with Gasteiger partial charge in [0, 0.05) is 13.0 Å². The van der Waals surface area contributed by atoms with E-state index in [9.17, 15) is 13.2 Å². The number of carbonyl (C=O) groups is 1. The van der Waals surface area contributed by atoms with Crippen molar-refractivity contribution in [2.45, 2.75) is 43.3 Å². The fourth-order valence-corrected chi connectivity index (χ4v) is 8.11. The summed E-state index contributed by atoms with van der Waals surface area (Å²) in [5, 5.41) is 1.31. The second kappa shape index (κ2) is 7.00. The highest BCUT2D eigenvalue weighted by Gasteiger charge is 2.42. The number of piperidine rings is 1. The number of aryl methyl sites for hydroxylation is 1. The Labute approximate surface area is 156 Å². The molecule has 1 amide bonds. The zero-order valence-electron chi connectivity index (χ0n) is 15.5. The third-order valence-corrected chi connectivity index (χ3v) is 11.7. The van der Waals surface area contributed by atoms with Crippen LogP contribution in [0.25, 0.3) is 0 Å². The van der Waals surface area contributed by atoms with Crippen LogP contribution in [-0.4, -0.2) is 33.2 Å². The van der Waals surface area contributed by atoms with Crippen LogP contribution in [0, 0.1) is 6.92 Å². The first kappa shape index (κ1) is 18.9. The molecule has 1 aliphatic heterocycles. The van der Waals surface area contributed by atoms with E-state index in [0.717, 1.165) is 16.3 Å². The van der Waals surface area contributed by atoms with Crippen molar-refractivity contribution in [3.8, 4) is 0 Å². The maximum Gasteiger partial charge on any atom is 0.266 e. The average Bonchev–Trinajstić information content (AvgIpc) is 2.62. The van der Waals surface area contributed by atoms with E-state index in [-0.39, 0.29) is 22.9 Å². The van der Waals surface area contributed by atoms with Gasteiger partial charge in [0.05, 0.1) is 13.0 Å². The molecule has 0 radical (unpaired) electrons. The van der Waals surface area contributed by atoms with Crippen LogP contribution >= 0.6 is 0 Å². The van der Waals surface area contributed by atoms with Gasteiger partial charge in [0.2, 0.25) is 5.91 Å². The van der Waals surface area contributed by atoms with Crippen molar-refractivity contribution in [2.75, 3.05) is 6.54 Å². The quantitative estimate of drug-likeness (QED) is 0.757. The van der Waals surface area contributed by atoms with Crippen LogP contribution in [0.2, 0.25) is 18.6 Å². The molecule has 3 rings (SSSR count). The highest BCUT2D eigenvalue weighted by molar-refractivity contribution is 7.89. The summed E-state index contributed by atoms with van der Waals surface area (Å²) in [5.74, 6) is -0.279. The average molecular weight is 388 g/mol. The van der Waals surface area contributed by atoms with Crippen LogP contribution < -0.4 is 5.19 Å². The topological polar surface area (TPSA) is 54.5 Å². The van der Waals surface area contributed by atoms with Gasteiger partial charge in [-0.1, -0.05) is 66.3 Å². The van der Waals surface area contributed by atoms with E-state index < -0.39 is 18.1 Å². The first-order valence-corrected chi connectivity index (χ1v) is 13.4. The summed E-state index contributed by atoms with van der Waals surface area (Å²) >= 11 is 0. The Morgan fingerprint density at radius 1 is 1.00 bits per heavy atom. The number of hydrogen-bond acceptors (Lipinski definition) is 3. The molecular weight excluding hydrogens is 362 g/mol. The lowest BCUT2D eigenvalue weighted by Gasteiger charge is -2.38. The molecule has 1 heterocycles. The molecular formula is C20H25NO3SSi. The van der Waals surface area contributed by atoms with Crippen LogP contribution in [0.5, 0.6) is 0 Å². The number of hydrogen-bond donors (Lipinski definition) is 0. The van der Waals surface area contributed by atoms with Gasteiger partial charge in [-0.05, 0) is 31.0 Å². The Hall–Kier alpha value is -1.92. The second-order valence-corrected chi connectivity index (χ2v) is 14.3. The number of nitrogens with zero attached hydrogens (tertiary/aromatic N) is 1. The summed E-state index contributed by atoms with van der Waals surface area (Å²) in [7, 11) is -5.60. The van der Waals surface area contributed by atoms with Crippen molar-refractivity contribution < 1.29 is 13.2 Å². The Bertz CT molecular complexity index is 892. The van der Waals surface area contributed by atoms with Gasteiger partial charge in [0.25, 0.3) is 10.0 Å². The van der Waals surface area contributed by atoms with Gasteiger partial charge >= 0.3 is 0 Å². The van der Waals surface area contributed by atoms with Gasteiger partial charge in [0.1, 0.15) is 0 Å². The Morgan fingerprint density at radius 3 is 2.19 bits per heavy atom. The minimum atomic E-state index is -3.76. The van der Waals surface area contributed by atoms with Crippen LogP contribution in [0.3, 0.4) is 0 Å². The van der Waals surface area contributed by atoms with E-state index in [1.165, 1.54) is 5.19 Å². The lowest BCUT2D eigenvalue weighted by Crippen LogP contribution is -2.52. The summed E-state index contributed by atoms with van der Waals surface area (Å²) in [6.45, 7) is 6.71. The molecule has 1 aliphatic rings. The molecule has 1 saturated heterocycles. The predicted molar refractivity (Wildman–Crippen MR) is 107 cm³/mol. The second-order valence-electron chi connectivity index (χ2n) is 7.56. The molecule has 6 heteroatoms. The van der Waals surface area contributed by atoms with Gasteiger partial charge < -0.3 is 0 Å². The van der Waals surface area contributed by atoms with Crippen LogP contribution in [0.1, 0.15) is 18.4 Å². The summed E-state index contributed by atoms with van der Waals surface area (Å²) in [4.78, 5) is 12.9. The standard InChI is InChI=1S/C20H25NO3SSi/c1-16-9-11-17(12-10-16)25(23,24)21-14-13-19(15-20(21)22)26(2,3)18-7-5-4-6-8-18/h4-12,19H,13-15H2,1-3H3/t19-/m0/s1. The van der Waals surface area contributed by atoms with Crippen molar-refractivity contribution in [1.82, 2.24) is 4.31 Å². The Morgan fingerprint density at radius 2 is 1.62 bits per heavy atom. The molecule has 0 saturated carbocycles. The summed E-state index contributed by atoms with van der Waals surface area (Å²) in [6, 6.07) is 17.0. The van der Waals surface area contributed by atoms with Crippen molar-refractivity contribution in [3.63, 3.8) is 0 Å². The van der Waals surface area contributed by atoms with Crippen molar-refractivity contribution >= 4 is 29.2 Å². The van der Waals surface area contributed by atoms with Gasteiger partial charge in [-0.25, -0.2) is 12.7 Å². The monoisotopic (exact) mass is 387 g/mol.